The first-order valence-electron chi connectivity index (χ1n) is 9.15. The van der Waals surface area contributed by atoms with Crippen LogP contribution >= 0.6 is 0 Å². The number of hydrogen-bond donors (Lipinski definition) is 1. The summed E-state index contributed by atoms with van der Waals surface area (Å²) in [5.74, 6) is 1.14. The maximum absolute atomic E-state index is 12.2. The molecule has 7 heteroatoms. The van der Waals surface area contributed by atoms with Gasteiger partial charge in [-0.25, -0.2) is 9.67 Å². The first-order valence-corrected chi connectivity index (χ1v) is 9.15. The number of hydrogen-bond acceptors (Lipinski definition) is 5. The Labute approximate surface area is 153 Å². The van der Waals surface area contributed by atoms with Crippen molar-refractivity contribution in [1.29, 1.82) is 0 Å². The van der Waals surface area contributed by atoms with E-state index in [0.717, 1.165) is 43.0 Å². The van der Waals surface area contributed by atoms with Gasteiger partial charge in [0, 0.05) is 37.8 Å². The van der Waals surface area contributed by atoms with Crippen LogP contribution < -0.4 is 15.8 Å². The second-order valence-corrected chi connectivity index (χ2v) is 6.50. The van der Waals surface area contributed by atoms with E-state index in [4.69, 9.17) is 0 Å². The summed E-state index contributed by atoms with van der Waals surface area (Å²) in [6.07, 6.45) is 3.98. The number of nitrogens with zero attached hydrogens (tertiary/aromatic N) is 4. The third kappa shape index (κ3) is 4.47. The summed E-state index contributed by atoms with van der Waals surface area (Å²) >= 11 is 0. The number of anilines is 1. The van der Waals surface area contributed by atoms with E-state index in [2.05, 4.69) is 34.1 Å². The Bertz CT molecular complexity index is 807. The van der Waals surface area contributed by atoms with E-state index in [1.54, 1.807) is 12.3 Å². The molecule has 0 spiro atoms. The number of carbonyl (C=O) groups is 1. The predicted molar refractivity (Wildman–Crippen MR) is 100 cm³/mol. The fraction of sp³-hybridized carbons (Fsp3) is 0.474. The summed E-state index contributed by atoms with van der Waals surface area (Å²) < 4.78 is 1.24. The van der Waals surface area contributed by atoms with Crippen LogP contribution in [-0.4, -0.2) is 33.8 Å². The van der Waals surface area contributed by atoms with Crippen molar-refractivity contribution in [3.63, 3.8) is 0 Å². The highest BCUT2D eigenvalue weighted by molar-refractivity contribution is 5.75. The van der Waals surface area contributed by atoms with Gasteiger partial charge in [-0.1, -0.05) is 6.07 Å². The van der Waals surface area contributed by atoms with Gasteiger partial charge in [-0.05, 0) is 44.4 Å². The van der Waals surface area contributed by atoms with E-state index in [9.17, 15) is 9.59 Å². The summed E-state index contributed by atoms with van der Waals surface area (Å²) in [6.45, 7) is 6.30. The molecule has 1 aliphatic rings. The molecule has 1 amide bonds. The second kappa shape index (κ2) is 8.12. The topological polar surface area (TPSA) is 80.1 Å². The smallest absolute Gasteiger partial charge is 0.267 e. The van der Waals surface area contributed by atoms with Crippen LogP contribution in [0.4, 0.5) is 5.82 Å². The molecule has 0 aromatic carbocycles. The number of amides is 1. The average molecular weight is 355 g/mol. The Balaban J connectivity index is 1.56. The SMILES string of the molecule is CCN(CC)c1ccc(CNC(=O)Cn2nc(C3CC3)ccc2=O)cn1. The fourth-order valence-corrected chi connectivity index (χ4v) is 2.82. The summed E-state index contributed by atoms with van der Waals surface area (Å²) in [6, 6.07) is 7.17. The van der Waals surface area contributed by atoms with Crippen LogP contribution in [0.15, 0.2) is 35.3 Å². The third-order valence-corrected chi connectivity index (χ3v) is 4.56. The molecule has 0 bridgehead atoms. The number of aromatic nitrogens is 3. The molecule has 3 rings (SSSR count). The van der Waals surface area contributed by atoms with Crippen molar-refractivity contribution in [2.75, 3.05) is 18.0 Å². The lowest BCUT2D eigenvalue weighted by Crippen LogP contribution is -2.33. The Kier molecular flexibility index (Phi) is 5.65. The quantitative estimate of drug-likeness (QED) is 0.779. The summed E-state index contributed by atoms with van der Waals surface area (Å²) in [5.41, 5.74) is 1.56. The highest BCUT2D eigenvalue weighted by Gasteiger charge is 2.25. The standard InChI is InChI=1S/C19H25N5O2/c1-3-23(4-2)17-9-5-14(11-20-17)12-21-18(25)13-24-19(26)10-8-16(22-24)15-6-7-15/h5,8-11,15H,3-4,6-7,12-13H2,1-2H3,(H,21,25). The highest BCUT2D eigenvalue weighted by atomic mass is 16.2. The van der Waals surface area contributed by atoms with E-state index >= 15 is 0 Å². The maximum atomic E-state index is 12.2. The highest BCUT2D eigenvalue weighted by Crippen LogP contribution is 2.38. The molecule has 26 heavy (non-hydrogen) atoms. The monoisotopic (exact) mass is 355 g/mol. The molecule has 2 aromatic heterocycles. The molecule has 0 saturated heterocycles. The minimum atomic E-state index is -0.255. The van der Waals surface area contributed by atoms with Gasteiger partial charge < -0.3 is 10.2 Å². The van der Waals surface area contributed by atoms with Crippen LogP contribution in [0.5, 0.6) is 0 Å². The van der Waals surface area contributed by atoms with Crippen molar-refractivity contribution in [2.24, 2.45) is 0 Å². The van der Waals surface area contributed by atoms with Crippen molar-refractivity contribution >= 4 is 11.7 Å². The zero-order chi connectivity index (χ0) is 18.5. The number of rotatable bonds is 8. The molecule has 0 aliphatic heterocycles. The average Bonchev–Trinajstić information content (AvgIpc) is 3.49. The Hall–Kier alpha value is -2.70. The van der Waals surface area contributed by atoms with Crippen LogP contribution in [0.2, 0.25) is 0 Å². The molecule has 1 saturated carbocycles. The molecule has 0 atom stereocenters. The molecule has 1 N–H and O–H groups in total. The molecular formula is C19H25N5O2. The molecule has 0 radical (unpaired) electrons. The molecule has 138 valence electrons. The minimum absolute atomic E-state index is 0.0651. The molecular weight excluding hydrogens is 330 g/mol. The summed E-state index contributed by atoms with van der Waals surface area (Å²) in [7, 11) is 0. The van der Waals surface area contributed by atoms with Gasteiger partial charge in [-0.2, -0.15) is 5.10 Å². The van der Waals surface area contributed by atoms with Crippen molar-refractivity contribution in [1.82, 2.24) is 20.1 Å². The van der Waals surface area contributed by atoms with Gasteiger partial charge in [0.15, 0.2) is 0 Å². The normalized spacial score (nSPS) is 13.5. The van der Waals surface area contributed by atoms with Gasteiger partial charge in [-0.3, -0.25) is 9.59 Å². The largest absolute Gasteiger partial charge is 0.357 e. The van der Waals surface area contributed by atoms with Crippen molar-refractivity contribution in [2.45, 2.75) is 45.7 Å². The van der Waals surface area contributed by atoms with Gasteiger partial charge >= 0.3 is 0 Å². The predicted octanol–water partition coefficient (Wildman–Crippen LogP) is 1.68. The Morgan fingerprint density at radius 1 is 1.23 bits per heavy atom. The molecule has 2 heterocycles. The fourth-order valence-electron chi connectivity index (χ4n) is 2.82. The van der Waals surface area contributed by atoms with Crippen molar-refractivity contribution < 1.29 is 4.79 Å². The lowest BCUT2D eigenvalue weighted by atomic mass is 10.2. The Morgan fingerprint density at radius 2 is 2.00 bits per heavy atom. The Morgan fingerprint density at radius 3 is 2.62 bits per heavy atom. The molecule has 1 aliphatic carbocycles. The van der Waals surface area contributed by atoms with E-state index in [-0.39, 0.29) is 18.0 Å². The lowest BCUT2D eigenvalue weighted by molar-refractivity contribution is -0.122. The van der Waals surface area contributed by atoms with Crippen molar-refractivity contribution in [3.8, 4) is 0 Å². The minimum Gasteiger partial charge on any atom is -0.357 e. The van der Waals surface area contributed by atoms with Crippen molar-refractivity contribution in [3.05, 3.63) is 52.1 Å². The van der Waals surface area contributed by atoms with E-state index < -0.39 is 0 Å². The summed E-state index contributed by atoms with van der Waals surface area (Å²) in [5, 5.41) is 7.13. The zero-order valence-electron chi connectivity index (χ0n) is 15.3. The summed E-state index contributed by atoms with van der Waals surface area (Å²) in [4.78, 5) is 30.7. The number of carbonyl (C=O) groups excluding carboxylic acids is 1. The molecule has 0 unspecified atom stereocenters. The molecule has 1 fully saturated rings. The van der Waals surface area contributed by atoms with Crippen LogP contribution in [-0.2, 0) is 17.9 Å². The van der Waals surface area contributed by atoms with Gasteiger partial charge in [0.1, 0.15) is 12.4 Å². The third-order valence-electron chi connectivity index (χ3n) is 4.56. The van der Waals surface area contributed by atoms with Gasteiger partial charge in [0.2, 0.25) is 5.91 Å². The second-order valence-electron chi connectivity index (χ2n) is 6.50. The van der Waals surface area contributed by atoms with E-state index in [1.807, 2.05) is 12.1 Å². The zero-order valence-corrected chi connectivity index (χ0v) is 15.3. The van der Waals surface area contributed by atoms with E-state index in [0.29, 0.717) is 12.5 Å². The molecule has 2 aromatic rings. The lowest BCUT2D eigenvalue weighted by Gasteiger charge is -2.19. The first-order chi connectivity index (χ1) is 12.6. The van der Waals surface area contributed by atoms with Gasteiger partial charge in [-0.15, -0.1) is 0 Å². The number of nitrogens with one attached hydrogen (secondary N) is 1. The maximum Gasteiger partial charge on any atom is 0.267 e. The van der Waals surface area contributed by atoms with E-state index in [1.165, 1.54) is 10.7 Å². The van der Waals surface area contributed by atoms with Gasteiger partial charge in [0.25, 0.3) is 5.56 Å². The first kappa shape index (κ1) is 18.1. The van der Waals surface area contributed by atoms with Crippen LogP contribution in [0.25, 0.3) is 0 Å². The van der Waals surface area contributed by atoms with Crippen LogP contribution in [0.3, 0.4) is 0 Å². The number of pyridine rings is 1. The van der Waals surface area contributed by atoms with Crippen LogP contribution in [0, 0.1) is 0 Å². The molecule has 7 nitrogen and oxygen atoms in total. The van der Waals surface area contributed by atoms with Gasteiger partial charge in [0.05, 0.1) is 5.69 Å². The van der Waals surface area contributed by atoms with Crippen LogP contribution in [0.1, 0.15) is 43.9 Å².